The number of aliphatic carboxylic acids is 2. The number of aliphatic hydroxyl groups is 1. The first-order valence-electron chi connectivity index (χ1n) is 11.7. The van der Waals surface area contributed by atoms with E-state index in [0.717, 1.165) is 32.1 Å². The van der Waals surface area contributed by atoms with Crippen LogP contribution in [0.5, 0.6) is 0 Å². The van der Waals surface area contributed by atoms with E-state index in [9.17, 15) is 19.5 Å². The molecule has 1 aliphatic heterocycles. The molecule has 0 radical (unpaired) electrons. The fourth-order valence-corrected chi connectivity index (χ4v) is 3.25. The highest BCUT2D eigenvalue weighted by atomic mass is 16.6. The van der Waals surface area contributed by atoms with Crippen molar-refractivity contribution in [3.63, 3.8) is 0 Å². The second kappa shape index (κ2) is 19.0. The Morgan fingerprint density at radius 1 is 0.774 bits per heavy atom. The van der Waals surface area contributed by atoms with Gasteiger partial charge in [0.1, 0.15) is 0 Å². The van der Waals surface area contributed by atoms with E-state index in [1.807, 2.05) is 0 Å². The molecule has 0 aliphatic carbocycles. The number of methoxy groups -OCH3 is 1. The smallest absolute Gasteiger partial charge is 0.336 e. The first-order valence-corrected chi connectivity index (χ1v) is 11.7. The molecule has 182 valence electrons. The predicted octanol–water partition coefficient (Wildman–Crippen LogP) is 4.31. The molecule has 0 bridgehead atoms. The van der Waals surface area contributed by atoms with Crippen LogP contribution in [0.1, 0.15) is 103 Å². The van der Waals surface area contributed by atoms with Crippen molar-refractivity contribution in [3.8, 4) is 0 Å². The highest BCUT2D eigenvalue weighted by molar-refractivity contribution is 5.87. The van der Waals surface area contributed by atoms with Crippen molar-refractivity contribution < 1.29 is 39.2 Å². The fraction of sp³-hybridized carbons (Fsp3) is 0.870. The van der Waals surface area contributed by atoms with E-state index in [0.29, 0.717) is 6.42 Å². The van der Waals surface area contributed by atoms with Gasteiger partial charge in [0.25, 0.3) is 0 Å². The van der Waals surface area contributed by atoms with Crippen molar-refractivity contribution >= 4 is 17.9 Å². The van der Waals surface area contributed by atoms with E-state index in [2.05, 4.69) is 16.4 Å². The lowest BCUT2D eigenvalue weighted by atomic mass is 10.0. The Hall–Kier alpha value is -1.67. The van der Waals surface area contributed by atoms with Crippen LogP contribution in [0, 0.1) is 0 Å². The Balaban J connectivity index is 0.000000823. The third-order valence-electron chi connectivity index (χ3n) is 5.27. The summed E-state index contributed by atoms with van der Waals surface area (Å²) in [7, 11) is 1.45. The van der Waals surface area contributed by atoms with Gasteiger partial charge in [-0.2, -0.15) is 0 Å². The number of esters is 1. The van der Waals surface area contributed by atoms with Crippen LogP contribution >= 0.6 is 0 Å². The van der Waals surface area contributed by atoms with Gasteiger partial charge >= 0.3 is 17.9 Å². The quantitative estimate of drug-likeness (QED) is 0.161. The van der Waals surface area contributed by atoms with Gasteiger partial charge in [0.2, 0.25) is 0 Å². The number of aliphatic hydroxyl groups excluding tert-OH is 1. The summed E-state index contributed by atoms with van der Waals surface area (Å²) >= 11 is 0. The number of ether oxygens (including phenoxy) is 2. The number of hydrogen-bond donors (Lipinski definition) is 3. The van der Waals surface area contributed by atoms with E-state index in [4.69, 9.17) is 10.2 Å². The number of unbranched alkanes of at least 4 members (excludes halogenated alkanes) is 10. The van der Waals surface area contributed by atoms with Gasteiger partial charge < -0.3 is 24.8 Å². The van der Waals surface area contributed by atoms with Gasteiger partial charge in [-0.3, -0.25) is 4.79 Å². The van der Waals surface area contributed by atoms with Crippen LogP contribution in [0.25, 0.3) is 0 Å². The molecule has 0 aromatic heterocycles. The Morgan fingerprint density at radius 3 is 1.58 bits per heavy atom. The number of epoxide rings is 1. The summed E-state index contributed by atoms with van der Waals surface area (Å²) in [6.07, 6.45) is 14.8. The minimum absolute atomic E-state index is 0.0739. The largest absolute Gasteiger partial charge is 0.479 e. The molecule has 1 aliphatic rings. The molecule has 0 aromatic rings. The standard InChI is InChI=1S/C19H38O3.C4H4O5/c1-3-4-5-12-15-18(20)16-13-10-8-6-7-9-11-14-17-19(21)22-2;5-3(6)1-2(9-1)4(7)8/h18,20H,3-17H2,1-2H3;1-2H,(H,5,6)(H,7,8). The molecule has 0 spiro atoms. The maximum atomic E-state index is 10.9. The molecule has 1 heterocycles. The first-order chi connectivity index (χ1) is 14.8. The number of carboxylic acid groups (broad SMARTS) is 2. The minimum Gasteiger partial charge on any atom is -0.479 e. The summed E-state index contributed by atoms with van der Waals surface area (Å²) in [5.41, 5.74) is 0. The normalized spacial score (nSPS) is 17.9. The molecule has 0 saturated carbocycles. The zero-order chi connectivity index (χ0) is 23.5. The van der Waals surface area contributed by atoms with Gasteiger partial charge in [-0.15, -0.1) is 0 Å². The Labute approximate surface area is 186 Å². The summed E-state index contributed by atoms with van der Waals surface area (Å²) in [4.78, 5) is 30.7. The summed E-state index contributed by atoms with van der Waals surface area (Å²) in [5, 5.41) is 26.0. The SMILES string of the molecule is CCCCCCC(O)CCCCCCCCCCC(=O)OC.O=C(O)C1OC1C(=O)O. The number of rotatable bonds is 18. The van der Waals surface area contributed by atoms with Crippen LogP contribution in [0.15, 0.2) is 0 Å². The van der Waals surface area contributed by atoms with Crippen LogP contribution in [0.3, 0.4) is 0 Å². The first kappa shape index (κ1) is 29.3. The third kappa shape index (κ3) is 17.7. The van der Waals surface area contributed by atoms with Crippen molar-refractivity contribution in [1.29, 1.82) is 0 Å². The van der Waals surface area contributed by atoms with Crippen LogP contribution in [0.4, 0.5) is 0 Å². The predicted molar refractivity (Wildman–Crippen MR) is 117 cm³/mol. The van der Waals surface area contributed by atoms with E-state index in [1.165, 1.54) is 64.9 Å². The van der Waals surface area contributed by atoms with E-state index in [-0.39, 0.29) is 12.1 Å². The molecule has 31 heavy (non-hydrogen) atoms. The van der Waals surface area contributed by atoms with Gasteiger partial charge in [-0.05, 0) is 19.3 Å². The number of hydrogen-bond acceptors (Lipinski definition) is 6. The van der Waals surface area contributed by atoms with E-state index in [1.54, 1.807) is 0 Å². The summed E-state index contributed by atoms with van der Waals surface area (Å²) < 4.78 is 8.86. The molecule has 8 heteroatoms. The summed E-state index contributed by atoms with van der Waals surface area (Å²) in [6.45, 7) is 2.22. The van der Waals surface area contributed by atoms with Crippen LogP contribution in [-0.2, 0) is 23.9 Å². The molecule has 8 nitrogen and oxygen atoms in total. The topological polar surface area (TPSA) is 134 Å². The molecular weight excluding hydrogens is 404 g/mol. The molecule has 3 atom stereocenters. The molecule has 1 fully saturated rings. The lowest BCUT2D eigenvalue weighted by Crippen LogP contribution is -2.14. The van der Waals surface area contributed by atoms with E-state index < -0.39 is 24.1 Å². The van der Waals surface area contributed by atoms with Crippen LogP contribution in [0.2, 0.25) is 0 Å². The maximum absolute atomic E-state index is 10.9. The van der Waals surface area contributed by atoms with Gasteiger partial charge in [0.05, 0.1) is 13.2 Å². The zero-order valence-electron chi connectivity index (χ0n) is 19.2. The average Bonchev–Trinajstić information content (AvgIpc) is 3.54. The van der Waals surface area contributed by atoms with Crippen molar-refractivity contribution in [1.82, 2.24) is 0 Å². The Bertz CT molecular complexity index is 476. The minimum atomic E-state index is -1.22. The lowest BCUT2D eigenvalue weighted by Gasteiger charge is -2.10. The van der Waals surface area contributed by atoms with Gasteiger partial charge in [-0.25, -0.2) is 9.59 Å². The lowest BCUT2D eigenvalue weighted by molar-refractivity contribution is -0.141. The molecule has 1 rings (SSSR count). The molecule has 3 unspecified atom stereocenters. The monoisotopic (exact) mass is 446 g/mol. The molecule has 3 N–H and O–H groups in total. The van der Waals surface area contributed by atoms with Crippen molar-refractivity contribution in [2.24, 2.45) is 0 Å². The summed E-state index contributed by atoms with van der Waals surface area (Å²) in [6, 6.07) is 0. The average molecular weight is 447 g/mol. The van der Waals surface area contributed by atoms with Crippen LogP contribution < -0.4 is 0 Å². The second-order valence-corrected chi connectivity index (χ2v) is 8.10. The highest BCUT2D eigenvalue weighted by Crippen LogP contribution is 2.21. The van der Waals surface area contributed by atoms with Gasteiger partial charge in [0, 0.05) is 6.42 Å². The van der Waals surface area contributed by atoms with Crippen molar-refractivity contribution in [3.05, 3.63) is 0 Å². The number of carbonyl (C=O) groups excluding carboxylic acids is 1. The van der Waals surface area contributed by atoms with Crippen LogP contribution in [-0.4, -0.2) is 58.6 Å². The van der Waals surface area contributed by atoms with E-state index >= 15 is 0 Å². The third-order valence-corrected chi connectivity index (χ3v) is 5.27. The second-order valence-electron chi connectivity index (χ2n) is 8.10. The Morgan fingerprint density at radius 2 is 1.19 bits per heavy atom. The number of carboxylic acids is 2. The summed E-state index contributed by atoms with van der Waals surface area (Å²) in [5.74, 6) is -2.53. The highest BCUT2D eigenvalue weighted by Gasteiger charge is 2.50. The van der Waals surface area contributed by atoms with Crippen molar-refractivity contribution in [2.75, 3.05) is 7.11 Å². The molecular formula is C23H42O8. The zero-order valence-corrected chi connectivity index (χ0v) is 19.2. The number of carbonyl (C=O) groups is 3. The fourth-order valence-electron chi connectivity index (χ4n) is 3.25. The molecule has 0 amide bonds. The van der Waals surface area contributed by atoms with Gasteiger partial charge in [0.15, 0.2) is 12.2 Å². The van der Waals surface area contributed by atoms with Gasteiger partial charge in [-0.1, -0.05) is 77.6 Å². The van der Waals surface area contributed by atoms with Crippen molar-refractivity contribution in [2.45, 2.75) is 122 Å². The maximum Gasteiger partial charge on any atom is 0.336 e. The Kier molecular flexibility index (Phi) is 18.0. The molecule has 1 saturated heterocycles. The molecule has 0 aromatic carbocycles.